The zero-order chi connectivity index (χ0) is 13.8. The molecule has 0 saturated carbocycles. The topological polar surface area (TPSA) is 73.8 Å². The highest BCUT2D eigenvalue weighted by Gasteiger charge is 2.15. The van der Waals surface area contributed by atoms with Crippen LogP contribution < -0.4 is 0 Å². The van der Waals surface area contributed by atoms with Gasteiger partial charge in [0.15, 0.2) is 0 Å². The van der Waals surface area contributed by atoms with E-state index in [1.807, 2.05) is 0 Å². The lowest BCUT2D eigenvalue weighted by Crippen LogP contribution is -2.01. The highest BCUT2D eigenvalue weighted by molar-refractivity contribution is 6.17. The van der Waals surface area contributed by atoms with E-state index in [4.69, 9.17) is 11.6 Å². The molecule has 0 spiro atoms. The summed E-state index contributed by atoms with van der Waals surface area (Å²) in [7, 11) is 0. The van der Waals surface area contributed by atoms with E-state index >= 15 is 0 Å². The molecule has 0 radical (unpaired) electrons. The predicted molar refractivity (Wildman–Crippen MR) is 71.8 cm³/mol. The molecule has 6 nitrogen and oxygen atoms in total. The van der Waals surface area contributed by atoms with Gasteiger partial charge in [0, 0.05) is 11.9 Å². The van der Waals surface area contributed by atoms with E-state index in [-0.39, 0.29) is 5.69 Å². The third kappa shape index (κ3) is 2.90. The summed E-state index contributed by atoms with van der Waals surface area (Å²) in [5, 5.41) is 18.9. The molecule has 1 aromatic carbocycles. The molecule has 0 aliphatic rings. The molecular formula is C12H13ClN4O2. The van der Waals surface area contributed by atoms with Gasteiger partial charge in [-0.15, -0.1) is 16.7 Å². The fourth-order valence-corrected chi connectivity index (χ4v) is 1.97. The molecule has 7 heteroatoms. The zero-order valence-corrected chi connectivity index (χ0v) is 11.2. The van der Waals surface area contributed by atoms with Crippen molar-refractivity contribution in [3.63, 3.8) is 0 Å². The Balaban J connectivity index is 2.34. The first kappa shape index (κ1) is 13.5. The van der Waals surface area contributed by atoms with Crippen molar-refractivity contribution in [1.82, 2.24) is 15.0 Å². The van der Waals surface area contributed by atoms with Gasteiger partial charge in [-0.2, -0.15) is 0 Å². The van der Waals surface area contributed by atoms with Crippen molar-refractivity contribution in [2.45, 2.75) is 19.8 Å². The molecule has 0 unspecified atom stereocenters. The maximum Gasteiger partial charge on any atom is 0.274 e. The molecular weight excluding hydrogens is 268 g/mol. The first-order chi connectivity index (χ1) is 9.13. The van der Waals surface area contributed by atoms with E-state index < -0.39 is 4.92 Å². The quantitative estimate of drug-likeness (QED) is 0.479. The molecule has 2 aromatic rings. The minimum atomic E-state index is -0.399. The van der Waals surface area contributed by atoms with E-state index in [1.165, 1.54) is 6.07 Å². The van der Waals surface area contributed by atoms with Crippen LogP contribution in [0.4, 0.5) is 5.69 Å². The third-order valence-corrected chi connectivity index (χ3v) is 3.09. The summed E-state index contributed by atoms with van der Waals surface area (Å²) in [6, 6.07) is 4.90. The maximum absolute atomic E-state index is 10.9. The van der Waals surface area contributed by atoms with Crippen LogP contribution in [0.2, 0.25) is 0 Å². The first-order valence-corrected chi connectivity index (χ1v) is 6.38. The number of hydrogen-bond acceptors (Lipinski definition) is 4. The molecule has 100 valence electrons. The molecule has 0 saturated heterocycles. The van der Waals surface area contributed by atoms with Crippen LogP contribution in [0.25, 0.3) is 5.69 Å². The summed E-state index contributed by atoms with van der Waals surface area (Å²) in [5.41, 5.74) is 2.14. The van der Waals surface area contributed by atoms with Gasteiger partial charge in [0.1, 0.15) is 0 Å². The second-order valence-electron chi connectivity index (χ2n) is 4.13. The lowest BCUT2D eigenvalue weighted by molar-refractivity contribution is -0.385. The average molecular weight is 281 g/mol. The van der Waals surface area contributed by atoms with Crippen molar-refractivity contribution >= 4 is 17.3 Å². The number of rotatable bonds is 5. The summed E-state index contributed by atoms with van der Waals surface area (Å²) in [6.07, 6.45) is 3.35. The standard InChI is InChI=1S/C12H13ClN4O2/c1-9-11(5-2-6-12(9)17(18)19)16-8-10(14-15-16)4-3-7-13/h2,5-6,8H,3-4,7H2,1H3. The summed E-state index contributed by atoms with van der Waals surface area (Å²) >= 11 is 5.63. The van der Waals surface area contributed by atoms with Crippen molar-refractivity contribution in [2.75, 3.05) is 5.88 Å². The smallest absolute Gasteiger partial charge is 0.258 e. The van der Waals surface area contributed by atoms with Gasteiger partial charge < -0.3 is 0 Å². The highest BCUT2D eigenvalue weighted by Crippen LogP contribution is 2.23. The van der Waals surface area contributed by atoms with Crippen LogP contribution in [0.5, 0.6) is 0 Å². The number of alkyl halides is 1. The van der Waals surface area contributed by atoms with Crippen LogP contribution in [0, 0.1) is 17.0 Å². The van der Waals surface area contributed by atoms with Crippen molar-refractivity contribution in [3.8, 4) is 5.69 Å². The Labute approximate surface area is 115 Å². The summed E-state index contributed by atoms with van der Waals surface area (Å²) in [5.74, 6) is 0.572. The molecule has 0 bridgehead atoms. The van der Waals surface area contributed by atoms with Crippen LogP contribution in [0.15, 0.2) is 24.4 Å². The summed E-state index contributed by atoms with van der Waals surface area (Å²) in [6.45, 7) is 1.70. The first-order valence-electron chi connectivity index (χ1n) is 5.85. The monoisotopic (exact) mass is 280 g/mol. The molecule has 0 aliphatic heterocycles. The number of aromatic nitrogens is 3. The lowest BCUT2D eigenvalue weighted by Gasteiger charge is -2.04. The Bertz CT molecular complexity index is 597. The molecule has 0 N–H and O–H groups in total. The molecule has 0 fully saturated rings. The zero-order valence-electron chi connectivity index (χ0n) is 10.4. The van der Waals surface area contributed by atoms with Gasteiger partial charge in [0.25, 0.3) is 5.69 Å². The number of nitro groups is 1. The number of aryl methyl sites for hydroxylation is 1. The Hall–Kier alpha value is -1.95. The van der Waals surface area contributed by atoms with E-state index in [0.29, 0.717) is 17.1 Å². The van der Waals surface area contributed by atoms with Gasteiger partial charge in [-0.05, 0) is 25.8 Å². The number of nitro benzene ring substituents is 1. The Morgan fingerprint density at radius 2 is 2.26 bits per heavy atom. The SMILES string of the molecule is Cc1c(-n2cc(CCCCl)nn2)cccc1[N+](=O)[O-]. The Morgan fingerprint density at radius 3 is 2.95 bits per heavy atom. The number of halogens is 1. The van der Waals surface area contributed by atoms with Crippen LogP contribution in [-0.2, 0) is 6.42 Å². The molecule has 0 amide bonds. The third-order valence-electron chi connectivity index (χ3n) is 2.83. The van der Waals surface area contributed by atoms with Gasteiger partial charge in [0.2, 0.25) is 0 Å². The molecule has 1 aromatic heterocycles. The van der Waals surface area contributed by atoms with Crippen LogP contribution in [0.3, 0.4) is 0 Å². The number of nitrogens with zero attached hydrogens (tertiary/aromatic N) is 4. The van der Waals surface area contributed by atoms with Crippen LogP contribution in [0.1, 0.15) is 17.7 Å². The van der Waals surface area contributed by atoms with Crippen LogP contribution >= 0.6 is 11.6 Å². The van der Waals surface area contributed by atoms with Gasteiger partial charge in [-0.3, -0.25) is 10.1 Å². The highest BCUT2D eigenvalue weighted by atomic mass is 35.5. The lowest BCUT2D eigenvalue weighted by atomic mass is 10.1. The van der Waals surface area contributed by atoms with Gasteiger partial charge in [-0.1, -0.05) is 11.3 Å². The molecule has 2 rings (SSSR count). The van der Waals surface area contributed by atoms with Gasteiger partial charge in [0.05, 0.1) is 28.1 Å². The fourth-order valence-electron chi connectivity index (χ4n) is 1.84. The van der Waals surface area contributed by atoms with Gasteiger partial charge >= 0.3 is 0 Å². The van der Waals surface area contributed by atoms with E-state index in [9.17, 15) is 10.1 Å². The molecule has 19 heavy (non-hydrogen) atoms. The maximum atomic E-state index is 10.9. The Morgan fingerprint density at radius 1 is 1.47 bits per heavy atom. The number of hydrogen-bond donors (Lipinski definition) is 0. The largest absolute Gasteiger partial charge is 0.274 e. The number of benzene rings is 1. The van der Waals surface area contributed by atoms with Crippen molar-refractivity contribution < 1.29 is 4.92 Å². The van der Waals surface area contributed by atoms with Crippen LogP contribution in [-0.4, -0.2) is 25.8 Å². The fraction of sp³-hybridized carbons (Fsp3) is 0.333. The molecule has 0 atom stereocenters. The van der Waals surface area contributed by atoms with Crippen molar-refractivity contribution in [1.29, 1.82) is 0 Å². The Kier molecular flexibility index (Phi) is 4.11. The average Bonchev–Trinajstić information content (AvgIpc) is 2.84. The van der Waals surface area contributed by atoms with E-state index in [2.05, 4.69) is 10.3 Å². The minimum absolute atomic E-state index is 0.0790. The summed E-state index contributed by atoms with van der Waals surface area (Å²) < 4.78 is 1.56. The van der Waals surface area contributed by atoms with Gasteiger partial charge in [-0.25, -0.2) is 4.68 Å². The molecule has 1 heterocycles. The van der Waals surface area contributed by atoms with Crippen molar-refractivity contribution in [3.05, 3.63) is 45.8 Å². The predicted octanol–water partition coefficient (Wildman–Crippen LogP) is 2.66. The second kappa shape index (κ2) is 5.79. The summed E-state index contributed by atoms with van der Waals surface area (Å²) in [4.78, 5) is 10.5. The normalized spacial score (nSPS) is 10.6. The van der Waals surface area contributed by atoms with Crippen molar-refractivity contribution in [2.24, 2.45) is 0 Å². The molecule has 0 aliphatic carbocycles. The second-order valence-corrected chi connectivity index (χ2v) is 4.50. The minimum Gasteiger partial charge on any atom is -0.258 e. The van der Waals surface area contributed by atoms with E-state index in [0.717, 1.165) is 18.5 Å². The van der Waals surface area contributed by atoms with E-state index in [1.54, 1.807) is 29.9 Å².